The topological polar surface area (TPSA) is 29.1 Å². The first-order chi connectivity index (χ1) is 11.3. The molecule has 0 aliphatic heterocycles. The molecular weight excluding hydrogens is 301 g/mol. The molecular formula is C21H28FNO. The van der Waals surface area contributed by atoms with Gasteiger partial charge in [-0.05, 0) is 76.2 Å². The fourth-order valence-electron chi connectivity index (χ4n) is 5.66. The molecule has 0 radical (unpaired) electrons. The SMILES string of the molecule is Cc1cccc(C(C)(C)C(=O)N[C@@H]2[C@@H]3CC4C[C@H]2C[C@](F)(C4)C3)c1. The number of hydrogen-bond donors (Lipinski definition) is 1. The molecule has 4 bridgehead atoms. The lowest BCUT2D eigenvalue weighted by Crippen LogP contribution is -2.61. The van der Waals surface area contributed by atoms with E-state index in [1.807, 2.05) is 26.0 Å². The molecule has 0 heterocycles. The van der Waals surface area contributed by atoms with Gasteiger partial charge >= 0.3 is 0 Å². The van der Waals surface area contributed by atoms with Crippen LogP contribution in [0.4, 0.5) is 4.39 Å². The summed E-state index contributed by atoms with van der Waals surface area (Å²) in [4.78, 5) is 13.0. The Morgan fingerprint density at radius 2 is 1.88 bits per heavy atom. The summed E-state index contributed by atoms with van der Waals surface area (Å²) in [6.45, 7) is 6.03. The zero-order valence-electron chi connectivity index (χ0n) is 14.9. The normalized spacial score (nSPS) is 37.5. The van der Waals surface area contributed by atoms with Crippen molar-refractivity contribution in [3.63, 3.8) is 0 Å². The first-order valence-electron chi connectivity index (χ1n) is 9.34. The summed E-state index contributed by atoms with van der Waals surface area (Å²) in [6.07, 6.45) is 4.25. The highest BCUT2D eigenvalue weighted by Crippen LogP contribution is 2.57. The van der Waals surface area contributed by atoms with Crippen LogP contribution in [0.15, 0.2) is 24.3 Å². The van der Waals surface area contributed by atoms with Crippen LogP contribution in [0.25, 0.3) is 0 Å². The predicted octanol–water partition coefficient (Wildman–Crippen LogP) is 4.31. The van der Waals surface area contributed by atoms with Crippen LogP contribution in [0.2, 0.25) is 0 Å². The van der Waals surface area contributed by atoms with E-state index in [1.54, 1.807) is 0 Å². The standard InChI is InChI=1S/C21H28FNO/c1-13-5-4-6-17(7-13)20(2,3)19(24)23-18-15-8-14-9-16(18)12-21(22,10-14)11-15/h4-7,14-16,18H,8-12H2,1-3H3,(H,23,24)/t14?,15-,16+,18-,21+. The monoisotopic (exact) mass is 329 g/mol. The van der Waals surface area contributed by atoms with Crippen LogP contribution >= 0.6 is 0 Å². The van der Waals surface area contributed by atoms with Crippen molar-refractivity contribution in [2.75, 3.05) is 0 Å². The third kappa shape index (κ3) is 2.57. The molecule has 5 atom stereocenters. The summed E-state index contributed by atoms with van der Waals surface area (Å²) in [6, 6.07) is 8.35. The van der Waals surface area contributed by atoms with Crippen molar-refractivity contribution < 1.29 is 9.18 Å². The van der Waals surface area contributed by atoms with Gasteiger partial charge in [0.25, 0.3) is 0 Å². The maximum Gasteiger partial charge on any atom is 0.230 e. The second-order valence-corrected chi connectivity index (χ2v) is 9.11. The van der Waals surface area contributed by atoms with Crippen LogP contribution in [0.3, 0.4) is 0 Å². The summed E-state index contributed by atoms with van der Waals surface area (Å²) in [7, 11) is 0. The third-order valence-corrected chi connectivity index (χ3v) is 6.80. The average molecular weight is 329 g/mol. The van der Waals surface area contributed by atoms with Crippen molar-refractivity contribution in [2.24, 2.45) is 17.8 Å². The number of amides is 1. The highest BCUT2D eigenvalue weighted by Gasteiger charge is 2.56. The number of hydrogen-bond acceptors (Lipinski definition) is 1. The fraction of sp³-hybridized carbons (Fsp3) is 0.667. The average Bonchev–Trinajstić information content (AvgIpc) is 2.49. The molecule has 4 fully saturated rings. The minimum Gasteiger partial charge on any atom is -0.352 e. The largest absolute Gasteiger partial charge is 0.352 e. The molecule has 0 saturated heterocycles. The molecule has 0 spiro atoms. The number of rotatable bonds is 3. The van der Waals surface area contributed by atoms with Gasteiger partial charge in [0.15, 0.2) is 0 Å². The smallest absolute Gasteiger partial charge is 0.230 e. The van der Waals surface area contributed by atoms with E-state index < -0.39 is 11.1 Å². The van der Waals surface area contributed by atoms with Gasteiger partial charge in [-0.15, -0.1) is 0 Å². The molecule has 130 valence electrons. The van der Waals surface area contributed by atoms with Crippen molar-refractivity contribution in [1.82, 2.24) is 5.32 Å². The van der Waals surface area contributed by atoms with E-state index in [2.05, 4.69) is 24.4 Å². The minimum absolute atomic E-state index is 0.0819. The Hall–Kier alpha value is -1.38. The number of aryl methyl sites for hydroxylation is 1. The van der Waals surface area contributed by atoms with Crippen molar-refractivity contribution >= 4 is 5.91 Å². The van der Waals surface area contributed by atoms with E-state index in [0.717, 1.165) is 24.8 Å². The van der Waals surface area contributed by atoms with Crippen LogP contribution in [0.1, 0.15) is 57.1 Å². The van der Waals surface area contributed by atoms with Gasteiger partial charge in [-0.3, -0.25) is 4.79 Å². The molecule has 1 aromatic carbocycles. The summed E-state index contributed by atoms with van der Waals surface area (Å²) in [5.41, 5.74) is 0.714. The number of benzene rings is 1. The van der Waals surface area contributed by atoms with Gasteiger partial charge in [0, 0.05) is 6.04 Å². The summed E-state index contributed by atoms with van der Waals surface area (Å²) >= 11 is 0. The van der Waals surface area contributed by atoms with E-state index in [1.165, 1.54) is 5.56 Å². The molecule has 5 rings (SSSR count). The molecule has 24 heavy (non-hydrogen) atoms. The maximum atomic E-state index is 14.8. The molecule has 0 aromatic heterocycles. The minimum atomic E-state index is -0.941. The van der Waals surface area contributed by atoms with Gasteiger partial charge in [-0.25, -0.2) is 4.39 Å². The second-order valence-electron chi connectivity index (χ2n) is 9.11. The maximum absolute atomic E-state index is 14.8. The van der Waals surface area contributed by atoms with Crippen molar-refractivity contribution in [3.05, 3.63) is 35.4 Å². The van der Waals surface area contributed by atoms with Crippen molar-refractivity contribution in [3.8, 4) is 0 Å². The van der Waals surface area contributed by atoms with Crippen LogP contribution < -0.4 is 5.32 Å². The van der Waals surface area contributed by atoms with Gasteiger partial charge in [0.2, 0.25) is 5.91 Å². The molecule has 1 unspecified atom stereocenters. The molecule has 4 saturated carbocycles. The molecule has 4 aliphatic rings. The highest BCUT2D eigenvalue weighted by atomic mass is 19.1. The lowest BCUT2D eigenvalue weighted by Gasteiger charge is -2.57. The predicted molar refractivity (Wildman–Crippen MR) is 93.5 cm³/mol. The summed E-state index contributed by atoms with van der Waals surface area (Å²) in [5.74, 6) is 1.29. The quantitative estimate of drug-likeness (QED) is 0.880. The molecule has 2 nitrogen and oxygen atoms in total. The van der Waals surface area contributed by atoms with E-state index in [-0.39, 0.29) is 11.9 Å². The van der Waals surface area contributed by atoms with Crippen molar-refractivity contribution in [2.45, 2.75) is 70.0 Å². The summed E-state index contributed by atoms with van der Waals surface area (Å²) in [5, 5.41) is 3.33. The van der Waals surface area contributed by atoms with E-state index in [4.69, 9.17) is 0 Å². The van der Waals surface area contributed by atoms with Gasteiger partial charge in [-0.2, -0.15) is 0 Å². The molecule has 1 amide bonds. The Kier molecular flexibility index (Phi) is 3.56. The first-order valence-corrected chi connectivity index (χ1v) is 9.34. The van der Waals surface area contributed by atoms with Gasteiger partial charge in [0.05, 0.1) is 5.41 Å². The van der Waals surface area contributed by atoms with Gasteiger partial charge in [-0.1, -0.05) is 29.8 Å². The zero-order valence-corrected chi connectivity index (χ0v) is 14.9. The molecule has 4 aliphatic carbocycles. The van der Waals surface area contributed by atoms with Crippen LogP contribution in [0.5, 0.6) is 0 Å². The zero-order chi connectivity index (χ0) is 17.1. The summed E-state index contributed by atoms with van der Waals surface area (Å²) < 4.78 is 14.8. The van der Waals surface area contributed by atoms with Crippen molar-refractivity contribution in [1.29, 1.82) is 0 Å². The van der Waals surface area contributed by atoms with Crippen LogP contribution in [-0.2, 0) is 10.2 Å². The Bertz CT molecular complexity index is 652. The van der Waals surface area contributed by atoms with Gasteiger partial charge < -0.3 is 5.32 Å². The molecule has 3 heteroatoms. The van der Waals surface area contributed by atoms with E-state index in [0.29, 0.717) is 30.6 Å². The third-order valence-electron chi connectivity index (χ3n) is 6.80. The fourth-order valence-corrected chi connectivity index (χ4v) is 5.66. The lowest BCUT2D eigenvalue weighted by molar-refractivity contribution is -0.134. The number of carbonyl (C=O) groups excluding carboxylic acids is 1. The van der Waals surface area contributed by atoms with Gasteiger partial charge in [0.1, 0.15) is 5.67 Å². The van der Waals surface area contributed by atoms with Crippen LogP contribution in [-0.4, -0.2) is 17.6 Å². The van der Waals surface area contributed by atoms with E-state index in [9.17, 15) is 9.18 Å². The Labute approximate surface area is 144 Å². The first kappa shape index (κ1) is 16.1. The number of carbonyl (C=O) groups is 1. The van der Waals surface area contributed by atoms with E-state index >= 15 is 0 Å². The number of alkyl halides is 1. The highest BCUT2D eigenvalue weighted by molar-refractivity contribution is 5.87. The number of nitrogens with one attached hydrogen (secondary N) is 1. The second kappa shape index (κ2) is 5.31. The molecule has 1 aromatic rings. The number of halogens is 1. The van der Waals surface area contributed by atoms with Crippen LogP contribution in [0, 0.1) is 24.7 Å². The molecule has 1 N–H and O–H groups in total. The lowest BCUT2D eigenvalue weighted by atomic mass is 9.53. The Balaban J connectivity index is 1.52. The Morgan fingerprint density at radius 1 is 1.21 bits per heavy atom. The Morgan fingerprint density at radius 3 is 2.46 bits per heavy atom.